The van der Waals surface area contributed by atoms with E-state index in [1.54, 1.807) is 30.3 Å². The summed E-state index contributed by atoms with van der Waals surface area (Å²) in [6, 6.07) is 12.7. The van der Waals surface area contributed by atoms with Gasteiger partial charge in [-0.3, -0.25) is 0 Å². The summed E-state index contributed by atoms with van der Waals surface area (Å²) in [6.07, 6.45) is 0. The lowest BCUT2D eigenvalue weighted by molar-refractivity contribution is 0.251. The number of anilines is 1. The van der Waals surface area contributed by atoms with Crippen LogP contribution >= 0.6 is 0 Å². The van der Waals surface area contributed by atoms with E-state index in [0.29, 0.717) is 6.54 Å². The standard InChI is InChI=1S/C15H15FN2O2/c16-13-6-1-2-7-14(13)18-15(20)17-9-11-4-3-5-12(8-11)10-19/h1-8,19H,9-10H2,(H2,17,18,20). The van der Waals surface area contributed by atoms with E-state index < -0.39 is 11.8 Å². The molecular formula is C15H15FN2O2. The average molecular weight is 274 g/mol. The Hall–Kier alpha value is -2.40. The minimum atomic E-state index is -0.482. The van der Waals surface area contributed by atoms with Crippen LogP contribution in [0.4, 0.5) is 14.9 Å². The summed E-state index contributed by atoms with van der Waals surface area (Å²) in [5, 5.41) is 14.1. The van der Waals surface area contributed by atoms with E-state index in [9.17, 15) is 9.18 Å². The Bertz CT molecular complexity index is 602. The number of hydrogen-bond acceptors (Lipinski definition) is 2. The first-order chi connectivity index (χ1) is 9.69. The maximum Gasteiger partial charge on any atom is 0.319 e. The number of carbonyl (C=O) groups is 1. The van der Waals surface area contributed by atoms with Crippen LogP contribution in [0.15, 0.2) is 48.5 Å². The van der Waals surface area contributed by atoms with Crippen molar-refractivity contribution in [3.05, 3.63) is 65.5 Å². The largest absolute Gasteiger partial charge is 0.392 e. The van der Waals surface area contributed by atoms with Crippen LogP contribution in [-0.2, 0) is 13.2 Å². The second kappa shape index (κ2) is 6.68. The number of rotatable bonds is 4. The molecule has 0 aliphatic heterocycles. The molecule has 3 N–H and O–H groups in total. The van der Waals surface area contributed by atoms with E-state index in [1.807, 2.05) is 6.07 Å². The van der Waals surface area contributed by atoms with Crippen LogP contribution < -0.4 is 10.6 Å². The normalized spacial score (nSPS) is 10.1. The number of halogens is 1. The van der Waals surface area contributed by atoms with Crippen molar-refractivity contribution in [1.82, 2.24) is 5.32 Å². The van der Waals surface area contributed by atoms with Crippen molar-refractivity contribution >= 4 is 11.7 Å². The van der Waals surface area contributed by atoms with Crippen molar-refractivity contribution in [3.8, 4) is 0 Å². The van der Waals surface area contributed by atoms with Gasteiger partial charge in [0.15, 0.2) is 0 Å². The highest BCUT2D eigenvalue weighted by Crippen LogP contribution is 2.12. The van der Waals surface area contributed by atoms with Crippen molar-refractivity contribution in [1.29, 1.82) is 0 Å². The number of benzene rings is 2. The Labute approximate surface area is 116 Å². The van der Waals surface area contributed by atoms with Crippen molar-refractivity contribution in [2.24, 2.45) is 0 Å². The summed E-state index contributed by atoms with van der Waals surface area (Å²) >= 11 is 0. The molecule has 2 aromatic carbocycles. The maximum atomic E-state index is 13.3. The molecule has 0 aliphatic carbocycles. The minimum absolute atomic E-state index is 0.0464. The summed E-state index contributed by atoms with van der Waals surface area (Å²) in [6.45, 7) is 0.253. The zero-order valence-corrected chi connectivity index (χ0v) is 10.8. The highest BCUT2D eigenvalue weighted by atomic mass is 19.1. The third kappa shape index (κ3) is 3.80. The Morgan fingerprint density at radius 1 is 1.10 bits per heavy atom. The van der Waals surface area contributed by atoms with Crippen molar-refractivity contribution < 1.29 is 14.3 Å². The number of amides is 2. The lowest BCUT2D eigenvalue weighted by atomic mass is 10.1. The molecule has 0 saturated carbocycles. The zero-order chi connectivity index (χ0) is 14.4. The van der Waals surface area contributed by atoms with Gasteiger partial charge in [0.1, 0.15) is 5.82 Å². The first-order valence-corrected chi connectivity index (χ1v) is 6.17. The molecule has 0 radical (unpaired) electrons. The van der Waals surface area contributed by atoms with Gasteiger partial charge in [0.25, 0.3) is 0 Å². The number of nitrogens with one attached hydrogen (secondary N) is 2. The van der Waals surface area contributed by atoms with Crippen LogP contribution in [0.1, 0.15) is 11.1 Å². The van der Waals surface area contributed by atoms with Crippen molar-refractivity contribution in [2.45, 2.75) is 13.2 Å². The summed E-state index contributed by atoms with van der Waals surface area (Å²) in [4.78, 5) is 11.7. The highest BCUT2D eigenvalue weighted by molar-refractivity contribution is 5.89. The van der Waals surface area contributed by atoms with E-state index in [1.165, 1.54) is 12.1 Å². The van der Waals surface area contributed by atoms with Gasteiger partial charge in [-0.1, -0.05) is 36.4 Å². The first-order valence-electron chi connectivity index (χ1n) is 6.17. The van der Waals surface area contributed by atoms with E-state index in [-0.39, 0.29) is 12.3 Å². The van der Waals surface area contributed by atoms with Gasteiger partial charge in [-0.25, -0.2) is 9.18 Å². The van der Waals surface area contributed by atoms with Gasteiger partial charge in [-0.2, -0.15) is 0 Å². The van der Waals surface area contributed by atoms with Gasteiger partial charge >= 0.3 is 6.03 Å². The quantitative estimate of drug-likeness (QED) is 0.802. The van der Waals surface area contributed by atoms with E-state index in [2.05, 4.69) is 10.6 Å². The molecule has 0 saturated heterocycles. The molecule has 0 atom stereocenters. The van der Waals surface area contributed by atoms with E-state index in [4.69, 9.17) is 5.11 Å². The predicted octanol–water partition coefficient (Wildman–Crippen LogP) is 2.64. The molecule has 2 aromatic rings. The molecule has 4 nitrogen and oxygen atoms in total. The topological polar surface area (TPSA) is 61.4 Å². The predicted molar refractivity (Wildman–Crippen MR) is 74.6 cm³/mol. The van der Waals surface area contributed by atoms with Crippen LogP contribution in [0.25, 0.3) is 0 Å². The Morgan fingerprint density at radius 2 is 1.85 bits per heavy atom. The summed E-state index contributed by atoms with van der Waals surface area (Å²) in [7, 11) is 0. The minimum Gasteiger partial charge on any atom is -0.392 e. The molecule has 0 spiro atoms. The Kier molecular flexibility index (Phi) is 4.68. The van der Waals surface area contributed by atoms with Crippen LogP contribution in [0, 0.1) is 5.82 Å². The average Bonchev–Trinajstić information content (AvgIpc) is 2.48. The highest BCUT2D eigenvalue weighted by Gasteiger charge is 2.05. The van der Waals surface area contributed by atoms with Crippen molar-refractivity contribution in [2.75, 3.05) is 5.32 Å². The molecular weight excluding hydrogens is 259 g/mol. The molecule has 20 heavy (non-hydrogen) atoms. The van der Waals surface area contributed by atoms with Crippen LogP contribution in [0.5, 0.6) is 0 Å². The fraction of sp³-hybridized carbons (Fsp3) is 0.133. The van der Waals surface area contributed by atoms with Gasteiger partial charge in [0.2, 0.25) is 0 Å². The lowest BCUT2D eigenvalue weighted by Gasteiger charge is -2.09. The van der Waals surface area contributed by atoms with Crippen LogP contribution in [0.2, 0.25) is 0 Å². The molecule has 2 rings (SSSR count). The van der Waals surface area contributed by atoms with E-state index in [0.717, 1.165) is 11.1 Å². The Balaban J connectivity index is 1.90. The number of hydrogen-bond donors (Lipinski definition) is 3. The van der Waals surface area contributed by atoms with Crippen LogP contribution in [0.3, 0.4) is 0 Å². The summed E-state index contributed by atoms with van der Waals surface area (Å²) in [5.74, 6) is -0.482. The third-order valence-electron chi connectivity index (χ3n) is 2.75. The molecule has 0 unspecified atom stereocenters. The van der Waals surface area contributed by atoms with Gasteiger partial charge < -0.3 is 15.7 Å². The Morgan fingerprint density at radius 3 is 2.60 bits per heavy atom. The number of aliphatic hydroxyl groups excluding tert-OH is 1. The van der Waals surface area contributed by atoms with Crippen molar-refractivity contribution in [3.63, 3.8) is 0 Å². The number of para-hydroxylation sites is 1. The van der Waals surface area contributed by atoms with Gasteiger partial charge in [0.05, 0.1) is 12.3 Å². The summed E-state index contributed by atoms with van der Waals surface area (Å²) < 4.78 is 13.3. The maximum absolute atomic E-state index is 13.3. The smallest absolute Gasteiger partial charge is 0.319 e. The molecule has 0 aliphatic rings. The van der Waals surface area contributed by atoms with E-state index >= 15 is 0 Å². The van der Waals surface area contributed by atoms with Gasteiger partial charge in [0, 0.05) is 6.54 Å². The van der Waals surface area contributed by atoms with Gasteiger partial charge in [-0.05, 0) is 23.3 Å². The third-order valence-corrected chi connectivity index (χ3v) is 2.75. The fourth-order valence-corrected chi connectivity index (χ4v) is 1.75. The fourth-order valence-electron chi connectivity index (χ4n) is 1.75. The molecule has 0 bridgehead atoms. The molecule has 0 aromatic heterocycles. The lowest BCUT2D eigenvalue weighted by Crippen LogP contribution is -2.28. The number of urea groups is 1. The molecule has 104 valence electrons. The second-order valence-electron chi connectivity index (χ2n) is 4.27. The zero-order valence-electron chi connectivity index (χ0n) is 10.8. The molecule has 2 amide bonds. The molecule has 0 heterocycles. The molecule has 0 fully saturated rings. The number of carbonyl (C=O) groups excluding carboxylic acids is 1. The summed E-state index contributed by atoms with van der Waals surface area (Å²) in [5.41, 5.74) is 1.77. The molecule has 5 heteroatoms. The van der Waals surface area contributed by atoms with Gasteiger partial charge in [-0.15, -0.1) is 0 Å². The monoisotopic (exact) mass is 274 g/mol. The first kappa shape index (κ1) is 14.0. The number of aliphatic hydroxyl groups is 1. The SMILES string of the molecule is O=C(NCc1cccc(CO)c1)Nc1ccccc1F. The second-order valence-corrected chi connectivity index (χ2v) is 4.27. The van der Waals surface area contributed by atoms with Crippen LogP contribution in [-0.4, -0.2) is 11.1 Å².